The van der Waals surface area contributed by atoms with E-state index in [1.165, 1.54) is 24.3 Å². The van der Waals surface area contributed by atoms with Crippen molar-refractivity contribution in [1.29, 1.82) is 0 Å². The van der Waals surface area contributed by atoms with Crippen LogP contribution in [0.2, 0.25) is 5.02 Å². The number of piperazine rings is 1. The zero-order valence-electron chi connectivity index (χ0n) is 24.6. The second-order valence-electron chi connectivity index (χ2n) is 12.3. The van der Waals surface area contributed by atoms with E-state index in [-0.39, 0.29) is 41.7 Å². The summed E-state index contributed by atoms with van der Waals surface area (Å²) in [5.41, 5.74) is 7.89. The molecule has 238 valence electrons. The number of nitrogens with two attached hydrogens (primary N) is 1. The molecule has 2 aromatic rings. The summed E-state index contributed by atoms with van der Waals surface area (Å²) in [6, 6.07) is 8.02. The Hall–Kier alpha value is -1.83. The number of anilines is 1. The Morgan fingerprint density at radius 1 is 1.21 bits per heavy atom. The maximum Gasteiger partial charge on any atom is 0.241 e. The normalized spacial score (nSPS) is 31.0. The predicted octanol–water partition coefficient (Wildman–Crippen LogP) is 5.91. The van der Waals surface area contributed by atoms with Crippen LogP contribution >= 0.6 is 22.4 Å². The summed E-state index contributed by atoms with van der Waals surface area (Å²) >= 11 is 5.96. The van der Waals surface area contributed by atoms with Crippen LogP contribution in [-0.2, 0) is 16.0 Å². The van der Waals surface area contributed by atoms with Crippen LogP contribution in [0.4, 0.5) is 14.5 Å². The van der Waals surface area contributed by atoms with E-state index in [1.807, 2.05) is 13.8 Å². The summed E-state index contributed by atoms with van der Waals surface area (Å²) in [7, 11) is -2.89. The van der Waals surface area contributed by atoms with E-state index in [0.717, 1.165) is 12.8 Å². The number of hydrogen-bond acceptors (Lipinski definition) is 7. The van der Waals surface area contributed by atoms with E-state index in [0.29, 0.717) is 54.9 Å². The number of carbonyl (C=O) groups is 1. The summed E-state index contributed by atoms with van der Waals surface area (Å²) in [6.45, 7) is 5.06. The number of benzene rings is 2. The van der Waals surface area contributed by atoms with Gasteiger partial charge in [-0.25, -0.2) is 13.1 Å². The van der Waals surface area contributed by atoms with Crippen LogP contribution in [0.25, 0.3) is 0 Å². The first-order valence-electron chi connectivity index (χ1n) is 15.1. The van der Waals surface area contributed by atoms with Gasteiger partial charge in [-0.15, -0.1) is 10.8 Å². The van der Waals surface area contributed by atoms with E-state index in [2.05, 4.69) is 10.6 Å². The van der Waals surface area contributed by atoms with Crippen molar-refractivity contribution in [3.8, 4) is 0 Å². The summed E-state index contributed by atoms with van der Waals surface area (Å²) < 4.78 is 59.1. The molecule has 1 amide bonds. The first kappa shape index (κ1) is 32.6. The predicted molar refractivity (Wildman–Crippen MR) is 167 cm³/mol. The second-order valence-corrected chi connectivity index (χ2v) is 14.9. The molecule has 0 radical (unpaired) electrons. The van der Waals surface area contributed by atoms with E-state index >= 15 is 4.39 Å². The number of ether oxygens (including phenoxy) is 1. The molecule has 8 atom stereocenters. The van der Waals surface area contributed by atoms with Crippen molar-refractivity contribution in [2.24, 2.45) is 11.7 Å². The average molecular weight is 641 g/mol. The molecule has 12 heteroatoms. The summed E-state index contributed by atoms with van der Waals surface area (Å²) in [5, 5.41) is 6.35. The minimum Gasteiger partial charge on any atom is -0.376 e. The SMILES string of the molecule is C[C@@H]1CC([C@H](c2ccc(Cl)c(F)c2)[C@H](N)C(=O)Nc2cccc(F)c2CC[C@H]2CN[C@@H]3CCCS(O)(O)N2C3)C[C@H](C)O1. The molecule has 3 saturated heterocycles. The van der Waals surface area contributed by atoms with Crippen molar-refractivity contribution < 1.29 is 27.4 Å². The minimum atomic E-state index is -2.89. The topological polar surface area (TPSA) is 120 Å². The van der Waals surface area contributed by atoms with Crippen LogP contribution in [-0.4, -0.2) is 68.5 Å². The van der Waals surface area contributed by atoms with Gasteiger partial charge in [-0.3, -0.25) is 13.9 Å². The largest absolute Gasteiger partial charge is 0.376 e. The van der Waals surface area contributed by atoms with Gasteiger partial charge in [0, 0.05) is 42.3 Å². The van der Waals surface area contributed by atoms with Gasteiger partial charge in [0.25, 0.3) is 0 Å². The highest BCUT2D eigenvalue weighted by Crippen LogP contribution is 2.49. The number of fused-ring (bicyclic) bond motifs is 2. The molecule has 3 heterocycles. The minimum absolute atomic E-state index is 0.0104. The van der Waals surface area contributed by atoms with Gasteiger partial charge >= 0.3 is 0 Å². The van der Waals surface area contributed by atoms with Crippen molar-refractivity contribution in [2.45, 2.75) is 88.6 Å². The molecule has 0 aromatic heterocycles. The molecule has 3 aliphatic heterocycles. The molecule has 3 fully saturated rings. The lowest BCUT2D eigenvalue weighted by atomic mass is 9.74. The lowest BCUT2D eigenvalue weighted by molar-refractivity contribution is -0.119. The summed E-state index contributed by atoms with van der Waals surface area (Å²) in [5.74, 6) is -1.78. The molecule has 6 N–H and O–H groups in total. The van der Waals surface area contributed by atoms with Crippen LogP contribution in [0.15, 0.2) is 36.4 Å². The molecule has 0 saturated carbocycles. The number of nitrogens with zero attached hydrogens (tertiary/aromatic N) is 1. The molecule has 0 spiro atoms. The Morgan fingerprint density at radius 2 is 1.95 bits per heavy atom. The Kier molecular flexibility index (Phi) is 10.3. The van der Waals surface area contributed by atoms with E-state index < -0.39 is 40.3 Å². The Labute approximate surface area is 259 Å². The molecule has 5 rings (SSSR count). The van der Waals surface area contributed by atoms with Crippen molar-refractivity contribution >= 4 is 34.0 Å². The van der Waals surface area contributed by atoms with Gasteiger partial charge in [-0.2, -0.15) is 0 Å². The highest BCUT2D eigenvalue weighted by molar-refractivity contribution is 8.22. The van der Waals surface area contributed by atoms with E-state index in [9.17, 15) is 18.3 Å². The molecular weight excluding hydrogens is 598 g/mol. The number of rotatable bonds is 8. The third-order valence-corrected chi connectivity index (χ3v) is 11.5. The van der Waals surface area contributed by atoms with Crippen molar-refractivity contribution in [1.82, 2.24) is 9.62 Å². The van der Waals surface area contributed by atoms with Crippen molar-refractivity contribution in [3.63, 3.8) is 0 Å². The molecular formula is C31H43ClF2N4O4S. The van der Waals surface area contributed by atoms with Crippen LogP contribution in [0, 0.1) is 17.6 Å². The average Bonchev–Trinajstić information content (AvgIpc) is 3.06. The maximum absolute atomic E-state index is 15.2. The summed E-state index contributed by atoms with van der Waals surface area (Å²) in [6.07, 6.45) is 3.57. The smallest absolute Gasteiger partial charge is 0.241 e. The number of carbonyl (C=O) groups excluding carboxylic acids is 1. The van der Waals surface area contributed by atoms with Crippen LogP contribution in [0.5, 0.6) is 0 Å². The molecule has 43 heavy (non-hydrogen) atoms. The van der Waals surface area contributed by atoms with E-state index in [1.54, 1.807) is 16.4 Å². The standard InChI is InChI=1S/C31H43ClF2N4O4S/c1-18-13-21(14-19(2)42-18)29(20-8-11-25(32)27(34)15-20)30(35)31(39)37-28-7-3-6-26(33)24(28)10-9-23-16-36-22-5-4-12-43(40,41)38(23)17-22/h3,6-8,11,15,18-19,21-23,29-30,36,40-41H,4-5,9-10,12-14,16-17,35H2,1-2H3,(H,37,39)/t18-,19+,21?,22-,23+,29+,30+/m1/s1. The van der Waals surface area contributed by atoms with Gasteiger partial charge in [0.15, 0.2) is 0 Å². The van der Waals surface area contributed by atoms with Crippen LogP contribution < -0.4 is 16.4 Å². The maximum atomic E-state index is 15.2. The van der Waals surface area contributed by atoms with Crippen LogP contribution in [0.1, 0.15) is 63.0 Å². The van der Waals surface area contributed by atoms with Gasteiger partial charge in [-0.1, -0.05) is 23.7 Å². The van der Waals surface area contributed by atoms with Gasteiger partial charge in [-0.05, 0) is 88.1 Å². The molecule has 3 aliphatic rings. The number of halogens is 3. The van der Waals surface area contributed by atoms with Gasteiger partial charge < -0.3 is 21.1 Å². The van der Waals surface area contributed by atoms with E-state index in [4.69, 9.17) is 22.1 Å². The molecule has 8 nitrogen and oxygen atoms in total. The zero-order chi connectivity index (χ0) is 30.9. The summed E-state index contributed by atoms with van der Waals surface area (Å²) in [4.78, 5) is 13.7. The highest BCUT2D eigenvalue weighted by Gasteiger charge is 2.39. The molecule has 2 bridgehead atoms. The number of amides is 1. The third-order valence-electron chi connectivity index (χ3n) is 9.16. The first-order chi connectivity index (χ1) is 20.4. The highest BCUT2D eigenvalue weighted by atomic mass is 35.5. The van der Waals surface area contributed by atoms with Gasteiger partial charge in [0.2, 0.25) is 5.91 Å². The molecule has 2 unspecified atom stereocenters. The van der Waals surface area contributed by atoms with Crippen molar-refractivity contribution in [3.05, 3.63) is 64.2 Å². The zero-order valence-corrected chi connectivity index (χ0v) is 26.2. The number of nitrogens with one attached hydrogen (secondary N) is 2. The fourth-order valence-corrected chi connectivity index (χ4v) is 9.12. The van der Waals surface area contributed by atoms with Gasteiger partial charge in [0.05, 0.1) is 29.0 Å². The molecule has 2 aromatic carbocycles. The Morgan fingerprint density at radius 3 is 2.67 bits per heavy atom. The fourth-order valence-electron chi connectivity index (χ4n) is 7.14. The lowest BCUT2D eigenvalue weighted by Gasteiger charge is -2.49. The third kappa shape index (κ3) is 7.53. The molecule has 0 aliphatic carbocycles. The Bertz CT molecular complexity index is 1300. The Balaban J connectivity index is 1.35. The van der Waals surface area contributed by atoms with Crippen LogP contribution in [0.3, 0.4) is 0 Å². The fraction of sp³-hybridized carbons (Fsp3) is 0.581. The second kappa shape index (κ2) is 13.7. The quantitative estimate of drug-likeness (QED) is 0.243. The number of hydrogen-bond donors (Lipinski definition) is 5. The lowest BCUT2D eigenvalue weighted by Crippen LogP contribution is -2.55. The van der Waals surface area contributed by atoms with Crippen molar-refractivity contribution in [2.75, 3.05) is 24.2 Å². The monoisotopic (exact) mass is 640 g/mol. The van der Waals surface area contributed by atoms with Gasteiger partial charge in [0.1, 0.15) is 11.6 Å². The first-order valence-corrected chi connectivity index (χ1v) is 17.2.